The van der Waals surface area contributed by atoms with Crippen LogP contribution in [0.2, 0.25) is 0 Å². The fraction of sp³-hybridized carbons (Fsp3) is 0.333. The summed E-state index contributed by atoms with van der Waals surface area (Å²) in [7, 11) is 1.45. The molecule has 0 bridgehead atoms. The number of para-hydroxylation sites is 2. The highest BCUT2D eigenvalue weighted by atomic mass is 19.1. The molecule has 0 aromatic heterocycles. The lowest BCUT2D eigenvalue weighted by Gasteiger charge is -2.12. The summed E-state index contributed by atoms with van der Waals surface area (Å²) < 4.78 is 22.5. The molecule has 0 saturated heterocycles. The number of rotatable bonds is 7. The summed E-state index contributed by atoms with van der Waals surface area (Å²) in [6, 6.07) is 5.10. The van der Waals surface area contributed by atoms with E-state index in [0.29, 0.717) is 11.5 Å². The molecule has 1 rings (SSSR count). The molecule has 1 amide bonds. The van der Waals surface area contributed by atoms with Crippen LogP contribution in [0.3, 0.4) is 0 Å². The second-order valence-electron chi connectivity index (χ2n) is 3.55. The zero-order chi connectivity index (χ0) is 14.3. The van der Waals surface area contributed by atoms with Gasteiger partial charge >= 0.3 is 5.97 Å². The number of methoxy groups -OCH3 is 1. The number of aliphatic carboxylic acids is 1. The van der Waals surface area contributed by atoms with Crippen LogP contribution in [0.15, 0.2) is 24.3 Å². The molecule has 0 aliphatic carbocycles. The van der Waals surface area contributed by atoms with E-state index in [9.17, 15) is 14.0 Å². The molecule has 0 radical (unpaired) electrons. The number of carbonyl (C=O) groups is 2. The van der Waals surface area contributed by atoms with Gasteiger partial charge in [0.25, 0.3) is 5.91 Å². The van der Waals surface area contributed by atoms with Gasteiger partial charge in [0.15, 0.2) is 24.1 Å². The van der Waals surface area contributed by atoms with Crippen molar-refractivity contribution in [1.29, 1.82) is 0 Å². The molecular weight excluding hydrogens is 257 g/mol. The molecule has 1 aromatic rings. The molecule has 0 aliphatic heterocycles. The first-order valence-corrected chi connectivity index (χ1v) is 5.42. The third-order valence-corrected chi connectivity index (χ3v) is 2.22. The minimum Gasteiger partial charge on any atom is -0.493 e. The first-order valence-electron chi connectivity index (χ1n) is 5.42. The van der Waals surface area contributed by atoms with E-state index in [-0.39, 0.29) is 0 Å². The maximum Gasteiger partial charge on any atom is 0.328 e. The van der Waals surface area contributed by atoms with Gasteiger partial charge in [0.1, 0.15) is 6.67 Å². The Morgan fingerprint density at radius 2 is 2.00 bits per heavy atom. The topological polar surface area (TPSA) is 84.9 Å². The predicted molar refractivity (Wildman–Crippen MR) is 64.0 cm³/mol. The molecule has 7 heteroatoms. The van der Waals surface area contributed by atoms with Crippen LogP contribution in [-0.2, 0) is 9.59 Å². The van der Waals surface area contributed by atoms with Gasteiger partial charge in [-0.15, -0.1) is 0 Å². The summed E-state index contributed by atoms with van der Waals surface area (Å²) in [6.45, 7) is -1.61. The summed E-state index contributed by atoms with van der Waals surface area (Å²) in [6.07, 6.45) is 0. The fourth-order valence-corrected chi connectivity index (χ4v) is 1.28. The largest absolute Gasteiger partial charge is 0.493 e. The highest BCUT2D eigenvalue weighted by molar-refractivity contribution is 5.84. The highest BCUT2D eigenvalue weighted by Crippen LogP contribution is 2.25. The first-order chi connectivity index (χ1) is 9.08. The van der Waals surface area contributed by atoms with Crippen LogP contribution >= 0.6 is 0 Å². The number of carboxylic acids is 1. The van der Waals surface area contributed by atoms with Crippen LogP contribution in [-0.4, -0.2) is 43.4 Å². The smallest absolute Gasteiger partial charge is 0.328 e. The molecule has 104 valence electrons. The van der Waals surface area contributed by atoms with Crippen LogP contribution in [0, 0.1) is 0 Å². The summed E-state index contributed by atoms with van der Waals surface area (Å²) in [5, 5.41) is 10.6. The summed E-state index contributed by atoms with van der Waals surface area (Å²) in [4.78, 5) is 21.9. The molecule has 0 fully saturated rings. The van der Waals surface area contributed by atoms with Crippen LogP contribution < -0.4 is 14.8 Å². The molecule has 6 nitrogen and oxygen atoms in total. The minimum atomic E-state index is -1.56. The van der Waals surface area contributed by atoms with Gasteiger partial charge in [0, 0.05) is 0 Å². The van der Waals surface area contributed by atoms with Gasteiger partial charge in [-0.05, 0) is 12.1 Å². The molecule has 1 aromatic carbocycles. The van der Waals surface area contributed by atoms with Crippen molar-refractivity contribution in [2.45, 2.75) is 6.04 Å². The number of amides is 1. The van der Waals surface area contributed by atoms with E-state index in [1.807, 2.05) is 5.32 Å². The number of halogens is 1. The zero-order valence-electron chi connectivity index (χ0n) is 10.3. The van der Waals surface area contributed by atoms with Crippen molar-refractivity contribution in [2.75, 3.05) is 20.4 Å². The monoisotopic (exact) mass is 271 g/mol. The molecule has 0 aliphatic rings. The second kappa shape index (κ2) is 7.20. The highest BCUT2D eigenvalue weighted by Gasteiger charge is 2.19. The van der Waals surface area contributed by atoms with Crippen LogP contribution in [0.1, 0.15) is 0 Å². The maximum atomic E-state index is 12.3. The molecular formula is C12H14FNO5. The van der Waals surface area contributed by atoms with Crippen molar-refractivity contribution in [3.05, 3.63) is 24.3 Å². The number of ether oxygens (including phenoxy) is 2. The van der Waals surface area contributed by atoms with Crippen molar-refractivity contribution in [3.8, 4) is 11.5 Å². The normalized spacial score (nSPS) is 11.5. The molecule has 1 unspecified atom stereocenters. The molecule has 0 spiro atoms. The van der Waals surface area contributed by atoms with E-state index in [1.165, 1.54) is 7.11 Å². The van der Waals surface area contributed by atoms with E-state index in [1.54, 1.807) is 24.3 Å². The Balaban J connectivity index is 2.52. The summed E-state index contributed by atoms with van der Waals surface area (Å²) in [5.74, 6) is -1.38. The SMILES string of the molecule is COc1ccccc1OCC(=O)NC(CF)C(=O)O. The van der Waals surface area contributed by atoms with Crippen LogP contribution in [0.4, 0.5) is 4.39 Å². The quantitative estimate of drug-likeness (QED) is 0.759. The Kier molecular flexibility index (Phi) is 5.59. The summed E-state index contributed by atoms with van der Waals surface area (Å²) in [5.41, 5.74) is 0. The van der Waals surface area contributed by atoms with E-state index >= 15 is 0 Å². The second-order valence-corrected chi connectivity index (χ2v) is 3.55. The lowest BCUT2D eigenvalue weighted by molar-refractivity contribution is -0.142. The van der Waals surface area contributed by atoms with Crippen molar-refractivity contribution < 1.29 is 28.6 Å². The number of alkyl halides is 1. The Labute approximate surface area is 109 Å². The number of hydrogen-bond donors (Lipinski definition) is 2. The van der Waals surface area contributed by atoms with Crippen molar-refractivity contribution >= 4 is 11.9 Å². The van der Waals surface area contributed by atoms with Gasteiger partial charge in [-0.3, -0.25) is 4.79 Å². The first kappa shape index (κ1) is 14.7. The third kappa shape index (κ3) is 4.46. The predicted octanol–water partition coefficient (Wildman–Crippen LogP) is 0.613. The molecule has 0 saturated carbocycles. The number of carbonyl (C=O) groups excluding carboxylic acids is 1. The molecule has 2 N–H and O–H groups in total. The zero-order valence-corrected chi connectivity index (χ0v) is 10.3. The Hall–Kier alpha value is -2.31. The lowest BCUT2D eigenvalue weighted by atomic mass is 10.3. The third-order valence-electron chi connectivity index (χ3n) is 2.22. The van der Waals surface area contributed by atoms with Gasteiger partial charge in [-0.1, -0.05) is 12.1 Å². The van der Waals surface area contributed by atoms with Crippen molar-refractivity contribution in [1.82, 2.24) is 5.32 Å². The Bertz CT molecular complexity index is 452. The van der Waals surface area contributed by atoms with Gasteiger partial charge < -0.3 is 19.9 Å². The van der Waals surface area contributed by atoms with E-state index < -0.39 is 31.2 Å². The van der Waals surface area contributed by atoms with Crippen LogP contribution in [0.5, 0.6) is 11.5 Å². The van der Waals surface area contributed by atoms with Gasteiger partial charge in [0.2, 0.25) is 0 Å². The van der Waals surface area contributed by atoms with Crippen molar-refractivity contribution in [3.63, 3.8) is 0 Å². The molecule has 19 heavy (non-hydrogen) atoms. The fourth-order valence-electron chi connectivity index (χ4n) is 1.28. The van der Waals surface area contributed by atoms with Crippen molar-refractivity contribution in [2.24, 2.45) is 0 Å². The standard InChI is InChI=1S/C12H14FNO5/c1-18-9-4-2-3-5-10(9)19-7-11(15)14-8(6-13)12(16)17/h2-5,8H,6-7H2,1H3,(H,14,15)(H,16,17). The van der Waals surface area contributed by atoms with Crippen LogP contribution in [0.25, 0.3) is 0 Å². The van der Waals surface area contributed by atoms with Gasteiger partial charge in [-0.2, -0.15) is 0 Å². The van der Waals surface area contributed by atoms with Gasteiger partial charge in [0.05, 0.1) is 7.11 Å². The number of nitrogens with one attached hydrogen (secondary N) is 1. The molecule has 1 atom stereocenters. The number of hydrogen-bond acceptors (Lipinski definition) is 4. The lowest BCUT2D eigenvalue weighted by Crippen LogP contribution is -2.44. The Morgan fingerprint density at radius 3 is 2.53 bits per heavy atom. The average molecular weight is 271 g/mol. The molecule has 0 heterocycles. The number of benzene rings is 1. The van der Waals surface area contributed by atoms with Gasteiger partial charge in [-0.25, -0.2) is 9.18 Å². The maximum absolute atomic E-state index is 12.3. The van der Waals surface area contributed by atoms with E-state index in [2.05, 4.69) is 0 Å². The average Bonchev–Trinajstić information content (AvgIpc) is 2.42. The number of carboxylic acid groups (broad SMARTS) is 1. The summed E-state index contributed by atoms with van der Waals surface area (Å²) >= 11 is 0. The minimum absolute atomic E-state index is 0.340. The van der Waals surface area contributed by atoms with E-state index in [0.717, 1.165) is 0 Å². The Morgan fingerprint density at radius 1 is 1.37 bits per heavy atom. The van der Waals surface area contributed by atoms with E-state index in [4.69, 9.17) is 14.6 Å².